The number of nitrogens with one attached hydrogen (secondary N) is 1. The lowest BCUT2D eigenvalue weighted by molar-refractivity contribution is 0.262. The zero-order valence-corrected chi connectivity index (χ0v) is 13.6. The monoisotopic (exact) mass is 330 g/mol. The maximum absolute atomic E-state index is 8.91. The average molecular weight is 331 g/mol. The maximum atomic E-state index is 8.91. The minimum absolute atomic E-state index is 0.0141. The van der Waals surface area contributed by atoms with Crippen molar-refractivity contribution in [3.05, 3.63) is 26.7 Å². The Morgan fingerprint density at radius 3 is 2.42 bits per heavy atom. The van der Waals surface area contributed by atoms with Crippen LogP contribution < -0.4 is 15.8 Å². The molecule has 0 fully saturated rings. The fourth-order valence-corrected chi connectivity index (χ4v) is 2.62. The predicted molar refractivity (Wildman–Crippen MR) is 81.7 cm³/mol. The molecule has 0 radical (unpaired) electrons. The number of hydrogen-bond acceptors (Lipinski definition) is 4. The van der Waals surface area contributed by atoms with Gasteiger partial charge in [-0.3, -0.25) is 0 Å². The van der Waals surface area contributed by atoms with E-state index in [1.165, 1.54) is 11.1 Å². The van der Waals surface area contributed by atoms with Crippen molar-refractivity contribution >= 4 is 15.9 Å². The van der Waals surface area contributed by atoms with Gasteiger partial charge in [-0.15, -0.1) is 0 Å². The molecule has 5 heteroatoms. The first kappa shape index (κ1) is 16.4. The zero-order valence-electron chi connectivity index (χ0n) is 12.0. The third-order valence-corrected chi connectivity index (χ3v) is 4.62. The SMILES string of the molecule is COc1c(C)c(C)c(Br)c(C)c1CNCC(N)CO. The van der Waals surface area contributed by atoms with E-state index >= 15 is 0 Å². The second-order valence-electron chi connectivity index (χ2n) is 4.77. The molecule has 108 valence electrons. The number of methoxy groups -OCH3 is 1. The van der Waals surface area contributed by atoms with Crippen molar-refractivity contribution in [2.75, 3.05) is 20.3 Å². The van der Waals surface area contributed by atoms with Gasteiger partial charge in [-0.1, -0.05) is 15.9 Å². The number of rotatable bonds is 6. The van der Waals surface area contributed by atoms with Gasteiger partial charge in [0.2, 0.25) is 0 Å². The van der Waals surface area contributed by atoms with Gasteiger partial charge in [-0.25, -0.2) is 0 Å². The average Bonchev–Trinajstić information content (AvgIpc) is 2.41. The van der Waals surface area contributed by atoms with Crippen molar-refractivity contribution in [3.8, 4) is 5.75 Å². The van der Waals surface area contributed by atoms with Gasteiger partial charge in [-0.2, -0.15) is 0 Å². The number of benzene rings is 1. The van der Waals surface area contributed by atoms with E-state index in [9.17, 15) is 0 Å². The Bertz CT molecular complexity index is 450. The summed E-state index contributed by atoms with van der Waals surface area (Å²) in [5.41, 5.74) is 10.3. The molecule has 1 aromatic rings. The van der Waals surface area contributed by atoms with Gasteiger partial charge in [0.1, 0.15) is 5.75 Å². The van der Waals surface area contributed by atoms with Crippen molar-refractivity contribution in [1.29, 1.82) is 0 Å². The van der Waals surface area contributed by atoms with Gasteiger partial charge in [-0.05, 0) is 37.5 Å². The summed E-state index contributed by atoms with van der Waals surface area (Å²) in [6, 6.07) is -0.235. The molecule has 0 aliphatic rings. The van der Waals surface area contributed by atoms with Gasteiger partial charge in [0.15, 0.2) is 0 Å². The molecular weight excluding hydrogens is 308 g/mol. The fraction of sp³-hybridized carbons (Fsp3) is 0.571. The van der Waals surface area contributed by atoms with Crippen LogP contribution in [-0.2, 0) is 6.54 Å². The van der Waals surface area contributed by atoms with E-state index in [1.807, 2.05) is 0 Å². The number of hydrogen-bond donors (Lipinski definition) is 3. The second-order valence-corrected chi connectivity index (χ2v) is 5.57. The lowest BCUT2D eigenvalue weighted by atomic mass is 9.99. The Labute approximate surface area is 123 Å². The van der Waals surface area contributed by atoms with Crippen LogP contribution in [0.1, 0.15) is 22.3 Å². The van der Waals surface area contributed by atoms with E-state index in [0.717, 1.165) is 21.3 Å². The van der Waals surface area contributed by atoms with Crippen molar-refractivity contribution in [2.24, 2.45) is 5.73 Å². The molecule has 1 unspecified atom stereocenters. The van der Waals surface area contributed by atoms with Gasteiger partial charge >= 0.3 is 0 Å². The molecular formula is C14H23BrN2O2. The maximum Gasteiger partial charge on any atom is 0.126 e. The number of aliphatic hydroxyl groups is 1. The second kappa shape index (κ2) is 7.24. The van der Waals surface area contributed by atoms with Gasteiger partial charge < -0.3 is 20.9 Å². The predicted octanol–water partition coefficient (Wildman–Crippen LogP) is 1.79. The highest BCUT2D eigenvalue weighted by Crippen LogP contribution is 2.35. The highest BCUT2D eigenvalue weighted by Gasteiger charge is 2.16. The molecule has 1 atom stereocenters. The van der Waals surface area contributed by atoms with Crippen LogP contribution in [0.25, 0.3) is 0 Å². The first-order valence-electron chi connectivity index (χ1n) is 6.33. The van der Waals surface area contributed by atoms with E-state index in [2.05, 4.69) is 42.0 Å². The molecule has 0 amide bonds. The molecule has 1 aromatic carbocycles. The summed E-state index contributed by atoms with van der Waals surface area (Å²) in [4.78, 5) is 0. The summed E-state index contributed by atoms with van der Waals surface area (Å²) in [6.07, 6.45) is 0. The topological polar surface area (TPSA) is 67.5 Å². The smallest absolute Gasteiger partial charge is 0.126 e. The Morgan fingerprint density at radius 2 is 1.89 bits per heavy atom. The standard InChI is InChI=1S/C14H23BrN2O2/c1-8-9(2)14(19-4)12(10(3)13(8)15)6-17-5-11(16)7-18/h11,17-18H,5-7,16H2,1-4H3. The van der Waals surface area contributed by atoms with Crippen LogP contribution >= 0.6 is 15.9 Å². The molecule has 0 saturated carbocycles. The molecule has 0 aliphatic heterocycles. The summed E-state index contributed by atoms with van der Waals surface area (Å²) in [7, 11) is 1.69. The summed E-state index contributed by atoms with van der Waals surface area (Å²) < 4.78 is 6.65. The molecule has 0 aliphatic carbocycles. The molecule has 4 nitrogen and oxygen atoms in total. The van der Waals surface area contributed by atoms with Crippen molar-refractivity contribution in [2.45, 2.75) is 33.4 Å². The summed E-state index contributed by atoms with van der Waals surface area (Å²) in [6.45, 7) is 7.43. The summed E-state index contributed by atoms with van der Waals surface area (Å²) >= 11 is 3.63. The molecule has 0 spiro atoms. The molecule has 1 rings (SSSR count). The molecule has 4 N–H and O–H groups in total. The highest BCUT2D eigenvalue weighted by atomic mass is 79.9. The first-order valence-corrected chi connectivity index (χ1v) is 7.12. The van der Waals surface area contributed by atoms with Gasteiger partial charge in [0.25, 0.3) is 0 Å². The van der Waals surface area contributed by atoms with Crippen LogP contribution in [-0.4, -0.2) is 31.4 Å². The highest BCUT2D eigenvalue weighted by molar-refractivity contribution is 9.10. The van der Waals surface area contributed by atoms with Crippen LogP contribution in [0.4, 0.5) is 0 Å². The molecule has 0 bridgehead atoms. The molecule has 0 saturated heterocycles. The van der Waals surface area contributed by atoms with E-state index in [-0.39, 0.29) is 12.6 Å². The number of halogens is 1. The molecule has 19 heavy (non-hydrogen) atoms. The van der Waals surface area contributed by atoms with Gasteiger partial charge in [0, 0.05) is 29.2 Å². The quantitative estimate of drug-likeness (QED) is 0.744. The van der Waals surface area contributed by atoms with E-state index < -0.39 is 0 Å². The third-order valence-electron chi connectivity index (χ3n) is 3.44. The largest absolute Gasteiger partial charge is 0.496 e. The Hall–Kier alpha value is -0.620. The van der Waals surface area contributed by atoms with Crippen LogP contribution in [0.5, 0.6) is 5.75 Å². The zero-order chi connectivity index (χ0) is 14.6. The van der Waals surface area contributed by atoms with Crippen LogP contribution in [0.15, 0.2) is 4.47 Å². The third kappa shape index (κ3) is 3.69. The minimum atomic E-state index is -0.235. The van der Waals surface area contributed by atoms with Gasteiger partial charge in [0.05, 0.1) is 13.7 Å². The van der Waals surface area contributed by atoms with E-state index in [0.29, 0.717) is 13.1 Å². The summed E-state index contributed by atoms with van der Waals surface area (Å²) in [5.74, 6) is 0.920. The molecule has 0 heterocycles. The van der Waals surface area contributed by atoms with Crippen LogP contribution in [0.3, 0.4) is 0 Å². The van der Waals surface area contributed by atoms with Crippen molar-refractivity contribution in [3.63, 3.8) is 0 Å². The normalized spacial score (nSPS) is 12.6. The number of aliphatic hydroxyl groups excluding tert-OH is 1. The Kier molecular flexibility index (Phi) is 6.26. The first-order chi connectivity index (χ1) is 8.93. The van der Waals surface area contributed by atoms with Crippen molar-refractivity contribution < 1.29 is 9.84 Å². The Balaban J connectivity index is 2.99. The van der Waals surface area contributed by atoms with E-state index in [4.69, 9.17) is 15.6 Å². The van der Waals surface area contributed by atoms with Crippen LogP contribution in [0, 0.1) is 20.8 Å². The summed E-state index contributed by atoms with van der Waals surface area (Å²) in [5, 5.41) is 12.2. The van der Waals surface area contributed by atoms with Crippen LogP contribution in [0.2, 0.25) is 0 Å². The lowest BCUT2D eigenvalue weighted by Gasteiger charge is -2.20. The minimum Gasteiger partial charge on any atom is -0.496 e. The van der Waals surface area contributed by atoms with E-state index in [1.54, 1.807) is 7.11 Å². The number of ether oxygens (including phenoxy) is 1. The molecule has 0 aromatic heterocycles. The lowest BCUT2D eigenvalue weighted by Crippen LogP contribution is -2.36. The van der Waals surface area contributed by atoms with Crippen molar-refractivity contribution in [1.82, 2.24) is 5.32 Å². The fourth-order valence-electron chi connectivity index (χ4n) is 2.08. The number of nitrogens with two attached hydrogens (primary N) is 1. The Morgan fingerprint density at radius 1 is 1.26 bits per heavy atom.